The van der Waals surface area contributed by atoms with Crippen LogP contribution in [0.4, 0.5) is 8.78 Å². The molecule has 1 N–H and O–H groups in total. The number of rotatable bonds is 5. The number of benzene rings is 1. The fraction of sp³-hybridized carbons (Fsp3) is 0.385. The monoisotopic (exact) mass is 266 g/mol. The van der Waals surface area contributed by atoms with Gasteiger partial charge < -0.3 is 5.32 Å². The number of hydrogen-bond acceptors (Lipinski definition) is 3. The molecule has 0 amide bonds. The van der Waals surface area contributed by atoms with Crippen LogP contribution < -0.4 is 5.32 Å². The number of nitrogens with zero attached hydrogens (tertiary/aromatic N) is 3. The topological polar surface area (TPSA) is 42.7 Å². The van der Waals surface area contributed by atoms with E-state index >= 15 is 0 Å². The highest BCUT2D eigenvalue weighted by molar-refractivity contribution is 5.20. The molecule has 0 saturated heterocycles. The molecule has 6 heteroatoms. The Labute approximate surface area is 110 Å². The zero-order chi connectivity index (χ0) is 13.8. The van der Waals surface area contributed by atoms with Crippen molar-refractivity contribution in [3.8, 4) is 0 Å². The zero-order valence-electron chi connectivity index (χ0n) is 10.9. The fourth-order valence-corrected chi connectivity index (χ4v) is 2.11. The molecule has 102 valence electrons. The van der Waals surface area contributed by atoms with Gasteiger partial charge in [0, 0.05) is 13.1 Å². The van der Waals surface area contributed by atoms with E-state index in [2.05, 4.69) is 15.6 Å². The van der Waals surface area contributed by atoms with Gasteiger partial charge in [0.15, 0.2) is 0 Å². The second kappa shape index (κ2) is 5.88. The van der Waals surface area contributed by atoms with E-state index in [1.165, 1.54) is 12.1 Å². The first-order valence-electron chi connectivity index (χ1n) is 6.13. The summed E-state index contributed by atoms with van der Waals surface area (Å²) in [6.07, 6.45) is 2.13. The molecule has 0 bridgehead atoms. The molecule has 4 nitrogen and oxygen atoms in total. The van der Waals surface area contributed by atoms with Crippen LogP contribution in [0.2, 0.25) is 0 Å². The average Bonchev–Trinajstić information content (AvgIpc) is 2.73. The predicted octanol–water partition coefficient (Wildman–Crippen LogP) is 1.99. The lowest BCUT2D eigenvalue weighted by atomic mass is 10.0. The largest absolute Gasteiger partial charge is 0.309 e. The highest BCUT2D eigenvalue weighted by Crippen LogP contribution is 2.18. The highest BCUT2D eigenvalue weighted by Gasteiger charge is 2.16. The maximum Gasteiger partial charge on any atom is 0.126 e. The summed E-state index contributed by atoms with van der Waals surface area (Å²) >= 11 is 0. The van der Waals surface area contributed by atoms with E-state index in [0.717, 1.165) is 18.3 Å². The lowest BCUT2D eigenvalue weighted by Gasteiger charge is -2.17. The second-order valence-corrected chi connectivity index (χ2v) is 4.37. The molecule has 0 spiro atoms. The summed E-state index contributed by atoms with van der Waals surface area (Å²) in [6.45, 7) is 2.72. The van der Waals surface area contributed by atoms with Crippen LogP contribution in [0.25, 0.3) is 0 Å². The molecule has 1 atom stereocenters. The van der Waals surface area contributed by atoms with Crippen LogP contribution in [-0.4, -0.2) is 21.5 Å². The summed E-state index contributed by atoms with van der Waals surface area (Å²) in [5.74, 6) is -1.12. The normalized spacial score (nSPS) is 12.6. The minimum absolute atomic E-state index is 0.0776. The molecular weight excluding hydrogens is 250 g/mol. The van der Waals surface area contributed by atoms with Gasteiger partial charge in [0.25, 0.3) is 0 Å². The molecule has 1 unspecified atom stereocenters. The summed E-state index contributed by atoms with van der Waals surface area (Å²) in [5, 5.41) is 11.0. The van der Waals surface area contributed by atoms with Crippen LogP contribution in [0.5, 0.6) is 0 Å². The van der Waals surface area contributed by atoms with E-state index in [4.69, 9.17) is 0 Å². The van der Waals surface area contributed by atoms with E-state index in [-0.39, 0.29) is 6.04 Å². The van der Waals surface area contributed by atoms with E-state index in [1.807, 2.05) is 6.92 Å². The van der Waals surface area contributed by atoms with Crippen molar-refractivity contribution in [2.45, 2.75) is 19.4 Å². The lowest BCUT2D eigenvalue weighted by Crippen LogP contribution is -2.25. The third-order valence-electron chi connectivity index (χ3n) is 2.92. The van der Waals surface area contributed by atoms with Crippen molar-refractivity contribution in [2.75, 3.05) is 6.54 Å². The summed E-state index contributed by atoms with van der Waals surface area (Å²) in [7, 11) is 1.79. The van der Waals surface area contributed by atoms with Crippen LogP contribution in [0.1, 0.15) is 24.2 Å². The molecule has 19 heavy (non-hydrogen) atoms. The van der Waals surface area contributed by atoms with Crippen molar-refractivity contribution < 1.29 is 8.78 Å². The molecular formula is C13H16F2N4. The predicted molar refractivity (Wildman–Crippen MR) is 67.5 cm³/mol. The SMILES string of the molecule is CCNC(Cc1cc(F)cc(F)c1)c1cnnn1C. The Bertz CT molecular complexity index is 533. The van der Waals surface area contributed by atoms with Crippen molar-refractivity contribution in [2.24, 2.45) is 7.05 Å². The third kappa shape index (κ3) is 3.35. The van der Waals surface area contributed by atoms with Gasteiger partial charge in [-0.2, -0.15) is 0 Å². The molecule has 1 aromatic heterocycles. The van der Waals surface area contributed by atoms with Crippen LogP contribution in [0.15, 0.2) is 24.4 Å². The summed E-state index contributed by atoms with van der Waals surface area (Å²) in [6, 6.07) is 3.48. The van der Waals surface area contributed by atoms with E-state index in [0.29, 0.717) is 12.0 Å². The van der Waals surface area contributed by atoms with Gasteiger partial charge in [0.2, 0.25) is 0 Å². The van der Waals surface area contributed by atoms with Gasteiger partial charge >= 0.3 is 0 Å². The van der Waals surface area contributed by atoms with E-state index in [9.17, 15) is 8.78 Å². The standard InChI is InChI=1S/C13H16F2N4/c1-3-16-12(13-8-17-18-19(13)2)6-9-4-10(14)7-11(15)5-9/h4-5,7-8,12,16H,3,6H2,1-2H3. The molecule has 0 aliphatic carbocycles. The maximum atomic E-state index is 13.2. The molecule has 0 radical (unpaired) electrons. The number of likely N-dealkylation sites (N-methyl/N-ethyl adjacent to an activating group) is 1. The van der Waals surface area contributed by atoms with Crippen molar-refractivity contribution in [1.29, 1.82) is 0 Å². The first-order valence-corrected chi connectivity index (χ1v) is 6.13. The first-order chi connectivity index (χ1) is 9.10. The van der Waals surface area contributed by atoms with Gasteiger partial charge in [-0.05, 0) is 30.7 Å². The van der Waals surface area contributed by atoms with E-state index in [1.54, 1.807) is 17.9 Å². The Hall–Kier alpha value is -1.82. The second-order valence-electron chi connectivity index (χ2n) is 4.37. The Morgan fingerprint density at radius 1 is 1.26 bits per heavy atom. The Morgan fingerprint density at radius 3 is 2.47 bits per heavy atom. The average molecular weight is 266 g/mol. The van der Waals surface area contributed by atoms with Crippen LogP contribution in [-0.2, 0) is 13.5 Å². The molecule has 2 rings (SSSR count). The number of hydrogen-bond donors (Lipinski definition) is 1. The third-order valence-corrected chi connectivity index (χ3v) is 2.92. The highest BCUT2D eigenvalue weighted by atomic mass is 19.1. The molecule has 0 fully saturated rings. The molecule has 0 aliphatic heterocycles. The van der Waals surface area contributed by atoms with Crippen molar-refractivity contribution in [3.63, 3.8) is 0 Å². The van der Waals surface area contributed by atoms with Crippen molar-refractivity contribution >= 4 is 0 Å². The lowest BCUT2D eigenvalue weighted by molar-refractivity contribution is 0.502. The van der Waals surface area contributed by atoms with Gasteiger partial charge in [-0.3, -0.25) is 4.68 Å². The van der Waals surface area contributed by atoms with Gasteiger partial charge in [0.05, 0.1) is 17.9 Å². The minimum Gasteiger partial charge on any atom is -0.309 e. The first kappa shape index (κ1) is 13.6. The Kier molecular flexibility index (Phi) is 4.21. The Balaban J connectivity index is 2.23. The van der Waals surface area contributed by atoms with E-state index < -0.39 is 11.6 Å². The summed E-state index contributed by atoms with van der Waals surface area (Å²) in [5.41, 5.74) is 1.48. The number of nitrogens with one attached hydrogen (secondary N) is 1. The molecule has 0 aliphatic rings. The summed E-state index contributed by atoms with van der Waals surface area (Å²) < 4.78 is 28.0. The molecule has 0 saturated carbocycles. The van der Waals surface area contributed by atoms with Crippen molar-refractivity contribution in [3.05, 3.63) is 47.3 Å². The van der Waals surface area contributed by atoms with Gasteiger partial charge in [-0.25, -0.2) is 8.78 Å². The van der Waals surface area contributed by atoms with Gasteiger partial charge in [-0.15, -0.1) is 5.10 Å². The van der Waals surface area contributed by atoms with Crippen LogP contribution in [0.3, 0.4) is 0 Å². The number of aryl methyl sites for hydroxylation is 1. The van der Waals surface area contributed by atoms with Crippen LogP contribution in [0, 0.1) is 11.6 Å². The molecule has 1 heterocycles. The van der Waals surface area contributed by atoms with Gasteiger partial charge in [0.1, 0.15) is 11.6 Å². The zero-order valence-corrected chi connectivity index (χ0v) is 10.9. The quantitative estimate of drug-likeness (QED) is 0.900. The summed E-state index contributed by atoms with van der Waals surface area (Å²) in [4.78, 5) is 0. The maximum absolute atomic E-state index is 13.2. The van der Waals surface area contributed by atoms with Crippen LogP contribution >= 0.6 is 0 Å². The fourth-order valence-electron chi connectivity index (χ4n) is 2.11. The number of halogens is 2. The minimum atomic E-state index is -0.562. The smallest absolute Gasteiger partial charge is 0.126 e. The molecule has 1 aromatic carbocycles. The number of aromatic nitrogens is 3. The van der Waals surface area contributed by atoms with Crippen molar-refractivity contribution in [1.82, 2.24) is 20.3 Å². The Morgan fingerprint density at radius 2 is 1.95 bits per heavy atom. The van der Waals surface area contributed by atoms with Gasteiger partial charge in [-0.1, -0.05) is 12.1 Å². The molecule has 2 aromatic rings.